The second-order valence-corrected chi connectivity index (χ2v) is 17.9. The summed E-state index contributed by atoms with van der Waals surface area (Å²) in [5, 5.41) is 13.9. The van der Waals surface area contributed by atoms with E-state index in [0.29, 0.717) is 30.3 Å². The van der Waals surface area contributed by atoms with E-state index in [1.807, 2.05) is 21.1 Å². The molecule has 0 aromatic heterocycles. The molecule has 0 heterocycles. The Hall–Kier alpha value is -1.80. The first-order valence-electron chi connectivity index (χ1n) is 22.7. The summed E-state index contributed by atoms with van der Waals surface area (Å²) in [4.78, 5) is 23.1. The van der Waals surface area contributed by atoms with Crippen molar-refractivity contribution in [2.24, 2.45) is 0 Å². The average Bonchev–Trinajstić information content (AvgIpc) is 3.15. The van der Waals surface area contributed by atoms with Crippen LogP contribution in [-0.2, 0) is 18.4 Å². The minimum Gasteiger partial charge on any atom is -0.391 e. The van der Waals surface area contributed by atoms with Gasteiger partial charge in [-0.2, -0.15) is 0 Å². The Morgan fingerprint density at radius 1 is 0.625 bits per heavy atom. The van der Waals surface area contributed by atoms with Crippen molar-refractivity contribution in [3.05, 3.63) is 60.8 Å². The summed E-state index contributed by atoms with van der Waals surface area (Å²) < 4.78 is 23.6. The number of hydrogen-bond acceptors (Lipinski definition) is 5. The molecule has 0 spiro atoms. The zero-order valence-corrected chi connectivity index (χ0v) is 37.8. The molecule has 326 valence electrons. The molecule has 0 aliphatic heterocycles. The van der Waals surface area contributed by atoms with Crippen molar-refractivity contribution in [1.29, 1.82) is 0 Å². The van der Waals surface area contributed by atoms with E-state index in [1.54, 1.807) is 0 Å². The molecule has 56 heavy (non-hydrogen) atoms. The average molecular weight is 808 g/mol. The van der Waals surface area contributed by atoms with Gasteiger partial charge in [0.05, 0.1) is 39.9 Å². The molecule has 0 saturated carbocycles. The van der Waals surface area contributed by atoms with Crippen LogP contribution in [0, 0.1) is 0 Å². The number of hydrogen-bond donors (Lipinski definition) is 3. The number of carbonyl (C=O) groups excluding carboxylic acids is 1. The maximum Gasteiger partial charge on any atom is 0.472 e. The van der Waals surface area contributed by atoms with Gasteiger partial charge in [-0.05, 0) is 51.4 Å². The minimum atomic E-state index is -4.33. The van der Waals surface area contributed by atoms with Gasteiger partial charge in [0.2, 0.25) is 5.91 Å². The fraction of sp³-hybridized carbons (Fsp3) is 0.766. The van der Waals surface area contributed by atoms with Crippen LogP contribution in [0.2, 0.25) is 0 Å². The van der Waals surface area contributed by atoms with Gasteiger partial charge in [0.15, 0.2) is 0 Å². The predicted molar refractivity (Wildman–Crippen MR) is 240 cm³/mol. The number of quaternary nitrogens is 1. The molecule has 0 aromatic rings. The molecule has 8 nitrogen and oxygen atoms in total. The first-order chi connectivity index (χ1) is 27.0. The van der Waals surface area contributed by atoms with Crippen molar-refractivity contribution < 1.29 is 32.9 Å². The highest BCUT2D eigenvalue weighted by Gasteiger charge is 2.28. The zero-order valence-electron chi connectivity index (χ0n) is 36.9. The first kappa shape index (κ1) is 54.2. The second kappa shape index (κ2) is 38.7. The topological polar surface area (TPSA) is 105 Å². The highest BCUT2D eigenvalue weighted by Crippen LogP contribution is 2.43. The number of aliphatic hydroxyl groups excluding tert-OH is 1. The summed E-state index contributed by atoms with van der Waals surface area (Å²) in [7, 11) is 1.57. The first-order valence-corrected chi connectivity index (χ1v) is 24.1. The van der Waals surface area contributed by atoms with Crippen LogP contribution in [0.4, 0.5) is 0 Å². The van der Waals surface area contributed by atoms with E-state index in [4.69, 9.17) is 9.05 Å². The van der Waals surface area contributed by atoms with Gasteiger partial charge in [-0.3, -0.25) is 13.8 Å². The number of aliphatic hydroxyl groups is 1. The van der Waals surface area contributed by atoms with Crippen LogP contribution in [0.3, 0.4) is 0 Å². The maximum absolute atomic E-state index is 12.9. The van der Waals surface area contributed by atoms with E-state index in [2.05, 4.69) is 79.9 Å². The van der Waals surface area contributed by atoms with Gasteiger partial charge < -0.3 is 19.8 Å². The third-order valence-corrected chi connectivity index (χ3v) is 10.8. The van der Waals surface area contributed by atoms with E-state index in [0.717, 1.165) is 57.8 Å². The monoisotopic (exact) mass is 808 g/mol. The molecule has 0 radical (unpaired) electrons. The second-order valence-electron chi connectivity index (χ2n) is 16.4. The lowest BCUT2D eigenvalue weighted by molar-refractivity contribution is -0.870. The number of rotatable bonds is 40. The summed E-state index contributed by atoms with van der Waals surface area (Å²) >= 11 is 0. The summed E-state index contributed by atoms with van der Waals surface area (Å²) in [6, 6.07) is -0.792. The molecule has 0 aliphatic carbocycles. The molecule has 1 amide bonds. The molecule has 3 unspecified atom stereocenters. The number of phosphoric ester groups is 1. The SMILES string of the molecule is CC/C=C\C/C=C\C/C=C\C/C=C\C/C=C\CCCC(=O)NC(COP(=O)(O)OCC[N+](C)(C)C)C(O)CCCCCCCCCCCCCCCCCCC. The molecular weight excluding hydrogens is 719 g/mol. The smallest absolute Gasteiger partial charge is 0.391 e. The van der Waals surface area contributed by atoms with Gasteiger partial charge in [-0.15, -0.1) is 0 Å². The molecule has 3 N–H and O–H groups in total. The number of nitrogens with zero attached hydrogens (tertiary/aromatic N) is 1. The molecule has 0 aromatic carbocycles. The van der Waals surface area contributed by atoms with Crippen LogP contribution >= 0.6 is 7.82 Å². The van der Waals surface area contributed by atoms with Gasteiger partial charge in [-0.25, -0.2) is 4.57 Å². The van der Waals surface area contributed by atoms with Crippen LogP contribution in [0.5, 0.6) is 0 Å². The van der Waals surface area contributed by atoms with Crippen molar-refractivity contribution in [1.82, 2.24) is 5.32 Å². The standard InChI is InChI=1S/C47H87N2O6P/c1-6-8-10-12-14-16-18-20-22-24-26-28-30-32-34-36-38-40-46(50)45(44-55-56(52,53)54-43-42-49(3,4)5)48-47(51)41-39-37-35-33-31-29-27-25-23-21-19-17-15-13-11-9-7-2/h9,11,15,17,21,23,27,29,33,35,45-46,50H,6-8,10,12-14,16,18-20,22,24-26,28,30-32,34,36-44H2,1-5H3,(H-,48,51,52,53)/p+1/b11-9-,17-15-,23-21-,29-27-,35-33-. The van der Waals surface area contributed by atoms with Crippen LogP contribution in [0.25, 0.3) is 0 Å². The molecule has 9 heteroatoms. The lowest BCUT2D eigenvalue weighted by Gasteiger charge is -2.26. The maximum atomic E-state index is 12.9. The molecule has 0 saturated heterocycles. The Labute approximate surface area is 345 Å². The quantitative estimate of drug-likeness (QED) is 0.0246. The Balaban J connectivity index is 4.47. The third kappa shape index (κ3) is 40.4. The molecule has 0 fully saturated rings. The zero-order chi connectivity index (χ0) is 41.4. The van der Waals surface area contributed by atoms with Gasteiger partial charge in [0.25, 0.3) is 0 Å². The molecule has 0 bridgehead atoms. The van der Waals surface area contributed by atoms with Crippen LogP contribution in [0.1, 0.15) is 181 Å². The Bertz CT molecular complexity index is 1100. The minimum absolute atomic E-state index is 0.0614. The molecule has 0 aliphatic rings. The fourth-order valence-electron chi connectivity index (χ4n) is 6.20. The van der Waals surface area contributed by atoms with Gasteiger partial charge >= 0.3 is 7.82 Å². The highest BCUT2D eigenvalue weighted by atomic mass is 31.2. The number of carbonyl (C=O) groups is 1. The van der Waals surface area contributed by atoms with E-state index in [1.165, 1.54) is 89.9 Å². The van der Waals surface area contributed by atoms with Crippen molar-refractivity contribution in [3.8, 4) is 0 Å². The molecule has 0 rings (SSSR count). The third-order valence-electron chi connectivity index (χ3n) is 9.78. The van der Waals surface area contributed by atoms with E-state index in [9.17, 15) is 19.4 Å². The van der Waals surface area contributed by atoms with Crippen LogP contribution < -0.4 is 5.32 Å². The number of amides is 1. The van der Waals surface area contributed by atoms with Crippen LogP contribution in [0.15, 0.2) is 60.8 Å². The summed E-state index contributed by atoms with van der Waals surface area (Å²) in [5.41, 5.74) is 0. The van der Waals surface area contributed by atoms with E-state index < -0.39 is 20.0 Å². The summed E-state index contributed by atoms with van der Waals surface area (Å²) in [5.74, 6) is -0.203. The normalized spacial score (nSPS) is 14.9. The molecular formula is C47H88N2O6P+. The van der Waals surface area contributed by atoms with Gasteiger partial charge in [0, 0.05) is 6.42 Å². The van der Waals surface area contributed by atoms with Crippen molar-refractivity contribution in [3.63, 3.8) is 0 Å². The van der Waals surface area contributed by atoms with E-state index >= 15 is 0 Å². The summed E-state index contributed by atoms with van der Waals surface area (Å²) in [6.07, 6.45) is 49.7. The summed E-state index contributed by atoms with van der Waals surface area (Å²) in [6.45, 7) is 4.72. The van der Waals surface area contributed by atoms with Crippen molar-refractivity contribution in [2.45, 2.75) is 193 Å². The highest BCUT2D eigenvalue weighted by molar-refractivity contribution is 7.47. The fourth-order valence-corrected chi connectivity index (χ4v) is 6.93. The van der Waals surface area contributed by atoms with Crippen molar-refractivity contribution in [2.75, 3.05) is 40.9 Å². The Morgan fingerprint density at radius 2 is 1.05 bits per heavy atom. The number of phosphoric acid groups is 1. The number of allylic oxidation sites excluding steroid dienone is 10. The Kier molecular flexibility index (Phi) is 37.5. The molecule has 3 atom stereocenters. The van der Waals surface area contributed by atoms with Gasteiger partial charge in [0.1, 0.15) is 13.2 Å². The van der Waals surface area contributed by atoms with Crippen molar-refractivity contribution >= 4 is 13.7 Å². The van der Waals surface area contributed by atoms with E-state index in [-0.39, 0.29) is 19.1 Å². The predicted octanol–water partition coefficient (Wildman–Crippen LogP) is 12.6. The van der Waals surface area contributed by atoms with Gasteiger partial charge in [-0.1, -0.05) is 184 Å². The number of likely N-dealkylation sites (N-methyl/N-ethyl adjacent to an activating group) is 1. The lowest BCUT2D eigenvalue weighted by atomic mass is 10.0. The Morgan fingerprint density at radius 3 is 1.50 bits per heavy atom. The number of unbranched alkanes of at least 4 members (excludes halogenated alkanes) is 17. The largest absolute Gasteiger partial charge is 0.472 e. The number of nitrogens with one attached hydrogen (secondary N) is 1. The van der Waals surface area contributed by atoms with Crippen LogP contribution in [-0.4, -0.2) is 73.4 Å². The lowest BCUT2D eigenvalue weighted by Crippen LogP contribution is -2.46.